The fourth-order valence-corrected chi connectivity index (χ4v) is 2.71. The predicted molar refractivity (Wildman–Crippen MR) is 73.5 cm³/mol. The van der Waals surface area contributed by atoms with Gasteiger partial charge in [-0.15, -0.1) is 0 Å². The number of hydrogen-bond donors (Lipinski definition) is 1. The minimum atomic E-state index is 0.197. The number of rotatable bonds is 7. The summed E-state index contributed by atoms with van der Waals surface area (Å²) >= 11 is 0. The van der Waals surface area contributed by atoms with E-state index in [0.717, 1.165) is 19.5 Å². The van der Waals surface area contributed by atoms with Crippen molar-refractivity contribution in [1.82, 2.24) is 9.80 Å². The highest BCUT2D eigenvalue weighted by atomic mass is 16.3. The lowest BCUT2D eigenvalue weighted by Crippen LogP contribution is -2.39. The quantitative estimate of drug-likeness (QED) is 0.750. The van der Waals surface area contributed by atoms with Crippen LogP contribution in [0, 0.1) is 0 Å². The summed E-state index contributed by atoms with van der Waals surface area (Å²) in [5.41, 5.74) is 0. The Kier molecular flexibility index (Phi) is 7.28. The topological polar surface area (TPSA) is 43.8 Å². The Bertz CT molecular complexity index is 238. The molecule has 0 radical (unpaired) electrons. The summed E-state index contributed by atoms with van der Waals surface area (Å²) < 4.78 is 0. The molecule has 0 spiro atoms. The van der Waals surface area contributed by atoms with Gasteiger partial charge in [0.15, 0.2) is 0 Å². The van der Waals surface area contributed by atoms with Crippen LogP contribution in [0.4, 0.5) is 0 Å². The molecule has 1 fully saturated rings. The molecule has 4 nitrogen and oxygen atoms in total. The third-order valence-electron chi connectivity index (χ3n) is 3.81. The van der Waals surface area contributed by atoms with Crippen LogP contribution in [0.1, 0.15) is 44.9 Å². The molecule has 0 aliphatic heterocycles. The van der Waals surface area contributed by atoms with E-state index in [1.807, 2.05) is 0 Å². The average molecular weight is 256 g/mol. The van der Waals surface area contributed by atoms with Crippen LogP contribution in [0.25, 0.3) is 0 Å². The van der Waals surface area contributed by atoms with Gasteiger partial charge in [-0.25, -0.2) is 0 Å². The summed E-state index contributed by atoms with van der Waals surface area (Å²) in [7, 11) is 3.60. The Labute approximate surface area is 111 Å². The van der Waals surface area contributed by atoms with Gasteiger partial charge in [0.2, 0.25) is 5.91 Å². The lowest BCUT2D eigenvalue weighted by atomic mass is 9.94. The summed E-state index contributed by atoms with van der Waals surface area (Å²) in [6.07, 6.45) is 7.98. The van der Waals surface area contributed by atoms with Gasteiger partial charge in [0.05, 0.1) is 6.61 Å². The highest BCUT2D eigenvalue weighted by molar-refractivity contribution is 5.75. The molecule has 0 aromatic heterocycles. The Morgan fingerprint density at radius 2 is 1.83 bits per heavy atom. The third kappa shape index (κ3) is 5.36. The van der Waals surface area contributed by atoms with Crippen LogP contribution in [-0.4, -0.2) is 60.6 Å². The zero-order chi connectivity index (χ0) is 13.4. The fraction of sp³-hybridized carbons (Fsp3) is 0.929. The Morgan fingerprint density at radius 3 is 2.39 bits per heavy atom. The first-order valence-corrected chi connectivity index (χ1v) is 7.20. The van der Waals surface area contributed by atoms with E-state index in [1.54, 1.807) is 19.0 Å². The molecule has 1 rings (SSSR count). The molecule has 0 bridgehead atoms. The van der Waals surface area contributed by atoms with E-state index in [1.165, 1.54) is 32.1 Å². The first-order chi connectivity index (χ1) is 8.65. The highest BCUT2D eigenvalue weighted by Crippen LogP contribution is 2.22. The van der Waals surface area contributed by atoms with Gasteiger partial charge >= 0.3 is 0 Å². The van der Waals surface area contributed by atoms with Gasteiger partial charge in [-0.1, -0.05) is 19.3 Å². The molecular formula is C14H28N2O2. The van der Waals surface area contributed by atoms with Crippen LogP contribution >= 0.6 is 0 Å². The molecule has 1 amide bonds. The van der Waals surface area contributed by atoms with Crippen molar-refractivity contribution in [2.45, 2.75) is 51.0 Å². The summed E-state index contributed by atoms with van der Waals surface area (Å²) in [5, 5.41) is 9.15. The van der Waals surface area contributed by atoms with Gasteiger partial charge in [-0.2, -0.15) is 0 Å². The van der Waals surface area contributed by atoms with Crippen molar-refractivity contribution >= 4 is 5.91 Å². The predicted octanol–water partition coefficient (Wildman–Crippen LogP) is 1.48. The third-order valence-corrected chi connectivity index (χ3v) is 3.81. The van der Waals surface area contributed by atoms with Crippen LogP contribution in [0.3, 0.4) is 0 Å². The van der Waals surface area contributed by atoms with Crippen molar-refractivity contribution in [1.29, 1.82) is 0 Å². The van der Waals surface area contributed by atoms with Gasteiger partial charge in [0.25, 0.3) is 0 Å². The number of aliphatic hydroxyl groups is 1. The maximum Gasteiger partial charge on any atom is 0.222 e. The van der Waals surface area contributed by atoms with Crippen LogP contribution in [0.5, 0.6) is 0 Å². The second kappa shape index (κ2) is 8.48. The fourth-order valence-electron chi connectivity index (χ4n) is 2.71. The van der Waals surface area contributed by atoms with E-state index in [-0.39, 0.29) is 12.5 Å². The number of carbonyl (C=O) groups excluding carboxylic acids is 1. The highest BCUT2D eigenvalue weighted by Gasteiger charge is 2.20. The SMILES string of the molecule is CN(C)C(=O)CCCN(CCO)C1CCCCC1. The average Bonchev–Trinajstić information content (AvgIpc) is 2.38. The molecule has 1 N–H and O–H groups in total. The molecule has 0 atom stereocenters. The second-order valence-electron chi connectivity index (χ2n) is 5.44. The van der Waals surface area contributed by atoms with Crippen molar-refractivity contribution in [3.05, 3.63) is 0 Å². The van der Waals surface area contributed by atoms with E-state index in [9.17, 15) is 4.79 Å². The zero-order valence-electron chi connectivity index (χ0n) is 11.9. The van der Waals surface area contributed by atoms with E-state index < -0.39 is 0 Å². The van der Waals surface area contributed by atoms with Gasteiger partial charge < -0.3 is 10.0 Å². The number of nitrogens with zero attached hydrogens (tertiary/aromatic N) is 2. The van der Waals surface area contributed by atoms with E-state index >= 15 is 0 Å². The number of hydrogen-bond acceptors (Lipinski definition) is 3. The first-order valence-electron chi connectivity index (χ1n) is 7.20. The summed E-state index contributed by atoms with van der Waals surface area (Å²) in [6, 6.07) is 0.625. The summed E-state index contributed by atoms with van der Waals surface area (Å²) in [4.78, 5) is 15.5. The Balaban J connectivity index is 2.30. The van der Waals surface area contributed by atoms with E-state index in [4.69, 9.17) is 5.11 Å². The second-order valence-corrected chi connectivity index (χ2v) is 5.44. The van der Waals surface area contributed by atoms with Crippen molar-refractivity contribution in [2.75, 3.05) is 33.8 Å². The molecule has 0 saturated heterocycles. The molecule has 1 aliphatic rings. The largest absolute Gasteiger partial charge is 0.395 e. The van der Waals surface area contributed by atoms with Crippen molar-refractivity contribution in [3.8, 4) is 0 Å². The van der Waals surface area contributed by atoms with Gasteiger partial charge in [0.1, 0.15) is 0 Å². The molecule has 106 valence electrons. The molecule has 0 aromatic rings. The molecule has 4 heteroatoms. The zero-order valence-corrected chi connectivity index (χ0v) is 11.9. The van der Waals surface area contributed by atoms with Gasteiger partial charge in [-0.3, -0.25) is 9.69 Å². The number of aliphatic hydroxyl groups excluding tert-OH is 1. The molecule has 0 unspecified atom stereocenters. The maximum atomic E-state index is 11.5. The van der Waals surface area contributed by atoms with Crippen LogP contribution < -0.4 is 0 Å². The molecule has 1 aliphatic carbocycles. The summed E-state index contributed by atoms with van der Waals surface area (Å²) in [6.45, 7) is 1.91. The maximum absolute atomic E-state index is 11.5. The standard InChI is InChI=1S/C14H28N2O2/c1-15(2)14(18)9-6-10-16(11-12-17)13-7-4-3-5-8-13/h13,17H,3-12H2,1-2H3. The normalized spacial score (nSPS) is 17.1. The Hall–Kier alpha value is -0.610. The van der Waals surface area contributed by atoms with Gasteiger partial charge in [-0.05, 0) is 25.8 Å². The lowest BCUT2D eigenvalue weighted by Gasteiger charge is -2.34. The smallest absolute Gasteiger partial charge is 0.222 e. The van der Waals surface area contributed by atoms with Crippen molar-refractivity contribution < 1.29 is 9.90 Å². The lowest BCUT2D eigenvalue weighted by molar-refractivity contribution is -0.128. The molecule has 1 saturated carbocycles. The van der Waals surface area contributed by atoms with Gasteiger partial charge in [0, 0.05) is 33.1 Å². The van der Waals surface area contributed by atoms with E-state index in [2.05, 4.69) is 4.90 Å². The minimum Gasteiger partial charge on any atom is -0.395 e. The minimum absolute atomic E-state index is 0.197. The Morgan fingerprint density at radius 1 is 1.17 bits per heavy atom. The van der Waals surface area contributed by atoms with Crippen LogP contribution in [-0.2, 0) is 4.79 Å². The molecule has 18 heavy (non-hydrogen) atoms. The number of carbonyl (C=O) groups is 1. The van der Waals surface area contributed by atoms with Crippen molar-refractivity contribution in [2.24, 2.45) is 0 Å². The molecule has 0 aromatic carbocycles. The first kappa shape index (κ1) is 15.4. The van der Waals surface area contributed by atoms with E-state index in [0.29, 0.717) is 12.5 Å². The van der Waals surface area contributed by atoms with Crippen LogP contribution in [0.15, 0.2) is 0 Å². The summed E-state index contributed by atoms with van der Waals surface area (Å²) in [5.74, 6) is 0.197. The number of amides is 1. The molecular weight excluding hydrogens is 228 g/mol. The monoisotopic (exact) mass is 256 g/mol. The van der Waals surface area contributed by atoms with Crippen LogP contribution in [0.2, 0.25) is 0 Å². The molecule has 0 heterocycles. The van der Waals surface area contributed by atoms with Crippen molar-refractivity contribution in [3.63, 3.8) is 0 Å².